The van der Waals surface area contributed by atoms with E-state index in [1.807, 2.05) is 24.3 Å². The summed E-state index contributed by atoms with van der Waals surface area (Å²) >= 11 is 0. The quantitative estimate of drug-likeness (QED) is 0.848. The van der Waals surface area contributed by atoms with Crippen LogP contribution in [0.4, 0.5) is 5.69 Å². The second kappa shape index (κ2) is 4.45. The molecule has 0 atom stereocenters. The van der Waals surface area contributed by atoms with E-state index in [1.165, 1.54) is 0 Å². The van der Waals surface area contributed by atoms with Gasteiger partial charge >= 0.3 is 5.97 Å². The summed E-state index contributed by atoms with van der Waals surface area (Å²) in [6.07, 6.45) is 0. The van der Waals surface area contributed by atoms with Crippen LogP contribution in [0, 0.1) is 0 Å². The summed E-state index contributed by atoms with van der Waals surface area (Å²) in [4.78, 5) is 10.8. The molecule has 0 aliphatic carbocycles. The molecule has 0 heterocycles. The molecule has 0 aliphatic rings. The summed E-state index contributed by atoms with van der Waals surface area (Å²) in [5.74, 6) is -0.892. The summed E-state index contributed by atoms with van der Waals surface area (Å²) in [6.45, 7) is 4.16. The van der Waals surface area contributed by atoms with E-state index in [-0.39, 0.29) is 0 Å². The Kier molecular flexibility index (Phi) is 3.00. The van der Waals surface area contributed by atoms with Crippen LogP contribution in [0.2, 0.25) is 0 Å². The molecule has 2 rings (SSSR count). The molecule has 0 amide bonds. The fourth-order valence-corrected chi connectivity index (χ4v) is 1.80. The summed E-state index contributed by atoms with van der Waals surface area (Å²) in [7, 11) is 0. The zero-order chi connectivity index (χ0) is 12.4. The topological polar surface area (TPSA) is 49.3 Å². The lowest BCUT2D eigenvalue weighted by molar-refractivity contribution is 0.0697. The van der Waals surface area contributed by atoms with E-state index in [4.69, 9.17) is 5.11 Å². The highest BCUT2D eigenvalue weighted by Crippen LogP contribution is 2.21. The number of anilines is 1. The largest absolute Gasteiger partial charge is 0.478 e. The highest BCUT2D eigenvalue weighted by Gasteiger charge is 2.04. The summed E-state index contributed by atoms with van der Waals surface area (Å²) in [6, 6.07) is 11.5. The van der Waals surface area contributed by atoms with E-state index in [1.54, 1.807) is 12.1 Å². The van der Waals surface area contributed by atoms with Gasteiger partial charge in [-0.15, -0.1) is 0 Å². The molecule has 2 N–H and O–H groups in total. The molecule has 0 aromatic heterocycles. The first-order valence-electron chi connectivity index (χ1n) is 5.60. The van der Waals surface area contributed by atoms with Gasteiger partial charge in [-0.05, 0) is 48.9 Å². The van der Waals surface area contributed by atoms with Crippen LogP contribution in [-0.4, -0.2) is 17.1 Å². The second-order valence-corrected chi connectivity index (χ2v) is 4.38. The minimum Gasteiger partial charge on any atom is -0.478 e. The molecular weight excluding hydrogens is 214 g/mol. The Morgan fingerprint density at radius 2 is 1.76 bits per heavy atom. The van der Waals surface area contributed by atoms with E-state index in [0.29, 0.717) is 11.6 Å². The maximum atomic E-state index is 10.8. The molecule has 0 spiro atoms. The lowest BCUT2D eigenvalue weighted by atomic mass is 10.1. The molecule has 0 unspecified atom stereocenters. The number of hydrogen-bond donors (Lipinski definition) is 2. The first kappa shape index (κ1) is 11.5. The Morgan fingerprint density at radius 1 is 1.12 bits per heavy atom. The molecule has 0 saturated heterocycles. The average molecular weight is 229 g/mol. The van der Waals surface area contributed by atoms with Gasteiger partial charge in [0, 0.05) is 11.7 Å². The monoisotopic (exact) mass is 229 g/mol. The highest BCUT2D eigenvalue weighted by atomic mass is 16.4. The first-order chi connectivity index (χ1) is 8.06. The average Bonchev–Trinajstić information content (AvgIpc) is 2.27. The van der Waals surface area contributed by atoms with Crippen molar-refractivity contribution in [3.63, 3.8) is 0 Å². The van der Waals surface area contributed by atoms with Crippen LogP contribution in [-0.2, 0) is 0 Å². The van der Waals surface area contributed by atoms with Crippen LogP contribution in [0.15, 0.2) is 36.4 Å². The minimum atomic E-state index is -0.892. The van der Waals surface area contributed by atoms with Crippen LogP contribution < -0.4 is 5.32 Å². The summed E-state index contributed by atoms with van der Waals surface area (Å²) in [5, 5.41) is 14.2. The third-order valence-corrected chi connectivity index (χ3v) is 2.54. The number of benzene rings is 2. The van der Waals surface area contributed by atoms with Crippen molar-refractivity contribution in [1.82, 2.24) is 0 Å². The van der Waals surface area contributed by atoms with Gasteiger partial charge in [0.2, 0.25) is 0 Å². The third kappa shape index (κ3) is 2.56. The Hall–Kier alpha value is -2.03. The van der Waals surface area contributed by atoms with Crippen LogP contribution in [0.25, 0.3) is 10.8 Å². The van der Waals surface area contributed by atoms with Crippen molar-refractivity contribution < 1.29 is 9.90 Å². The molecular formula is C14H15NO2. The molecule has 0 saturated carbocycles. The van der Waals surface area contributed by atoms with E-state index in [9.17, 15) is 4.79 Å². The van der Waals surface area contributed by atoms with Crippen molar-refractivity contribution in [2.45, 2.75) is 19.9 Å². The number of carboxylic acids is 1. The number of fused-ring (bicyclic) bond motifs is 1. The maximum absolute atomic E-state index is 10.8. The Labute approximate surface area is 100 Å². The fourth-order valence-electron chi connectivity index (χ4n) is 1.80. The second-order valence-electron chi connectivity index (χ2n) is 4.38. The third-order valence-electron chi connectivity index (χ3n) is 2.54. The van der Waals surface area contributed by atoms with Crippen LogP contribution in [0.1, 0.15) is 24.2 Å². The highest BCUT2D eigenvalue weighted by molar-refractivity contribution is 5.95. The normalized spacial score (nSPS) is 10.8. The van der Waals surface area contributed by atoms with Crippen molar-refractivity contribution in [3.05, 3.63) is 42.0 Å². The van der Waals surface area contributed by atoms with Crippen molar-refractivity contribution in [3.8, 4) is 0 Å². The van der Waals surface area contributed by atoms with Gasteiger partial charge in [-0.25, -0.2) is 4.79 Å². The Morgan fingerprint density at radius 3 is 2.41 bits per heavy atom. The van der Waals surface area contributed by atoms with E-state index in [2.05, 4.69) is 19.2 Å². The van der Waals surface area contributed by atoms with Crippen LogP contribution in [0.5, 0.6) is 0 Å². The van der Waals surface area contributed by atoms with E-state index < -0.39 is 5.97 Å². The van der Waals surface area contributed by atoms with Crippen molar-refractivity contribution in [2.75, 3.05) is 5.32 Å². The van der Waals surface area contributed by atoms with Gasteiger partial charge in [-0.3, -0.25) is 0 Å². The van der Waals surface area contributed by atoms with E-state index in [0.717, 1.165) is 16.5 Å². The Bertz CT molecular complexity index is 561. The van der Waals surface area contributed by atoms with Gasteiger partial charge in [-0.1, -0.05) is 12.1 Å². The van der Waals surface area contributed by atoms with Crippen LogP contribution in [0.3, 0.4) is 0 Å². The fraction of sp³-hybridized carbons (Fsp3) is 0.214. The van der Waals surface area contributed by atoms with Crippen molar-refractivity contribution in [2.24, 2.45) is 0 Å². The molecule has 17 heavy (non-hydrogen) atoms. The number of aromatic carboxylic acids is 1. The lowest BCUT2D eigenvalue weighted by Gasteiger charge is -2.10. The lowest BCUT2D eigenvalue weighted by Crippen LogP contribution is -2.09. The van der Waals surface area contributed by atoms with Gasteiger partial charge in [0.25, 0.3) is 0 Å². The SMILES string of the molecule is CC(C)Nc1ccc2cc(C(=O)O)ccc2c1. The number of carboxylic acid groups (broad SMARTS) is 1. The standard InChI is InChI=1S/C14H15NO2/c1-9(2)15-13-6-5-10-7-12(14(16)17)4-3-11(10)8-13/h3-9,15H,1-2H3,(H,16,17). The predicted molar refractivity (Wildman–Crippen MR) is 69.7 cm³/mol. The zero-order valence-electron chi connectivity index (χ0n) is 9.90. The van der Waals surface area contributed by atoms with Gasteiger partial charge in [0.05, 0.1) is 5.56 Å². The number of hydrogen-bond acceptors (Lipinski definition) is 2. The molecule has 0 radical (unpaired) electrons. The molecule has 3 nitrogen and oxygen atoms in total. The van der Waals surface area contributed by atoms with Gasteiger partial charge < -0.3 is 10.4 Å². The van der Waals surface area contributed by atoms with Gasteiger partial charge in [-0.2, -0.15) is 0 Å². The van der Waals surface area contributed by atoms with E-state index >= 15 is 0 Å². The summed E-state index contributed by atoms with van der Waals surface area (Å²) < 4.78 is 0. The number of carbonyl (C=O) groups is 1. The molecule has 2 aromatic carbocycles. The summed E-state index contributed by atoms with van der Waals surface area (Å²) in [5.41, 5.74) is 1.37. The van der Waals surface area contributed by atoms with Crippen molar-refractivity contribution in [1.29, 1.82) is 0 Å². The minimum absolute atomic E-state index is 0.321. The van der Waals surface area contributed by atoms with Crippen molar-refractivity contribution >= 4 is 22.4 Å². The molecule has 0 fully saturated rings. The van der Waals surface area contributed by atoms with Gasteiger partial charge in [0.1, 0.15) is 0 Å². The smallest absolute Gasteiger partial charge is 0.335 e. The maximum Gasteiger partial charge on any atom is 0.335 e. The molecule has 0 aliphatic heterocycles. The number of nitrogens with one attached hydrogen (secondary N) is 1. The predicted octanol–water partition coefficient (Wildman–Crippen LogP) is 3.36. The first-order valence-corrected chi connectivity index (χ1v) is 5.60. The molecule has 0 bridgehead atoms. The molecule has 2 aromatic rings. The zero-order valence-corrected chi connectivity index (χ0v) is 9.90. The molecule has 3 heteroatoms. The Balaban J connectivity index is 2.43. The number of rotatable bonds is 3. The molecule has 88 valence electrons. The van der Waals surface area contributed by atoms with Gasteiger partial charge in [0.15, 0.2) is 0 Å². The van der Waals surface area contributed by atoms with Crippen LogP contribution >= 0.6 is 0 Å².